The van der Waals surface area contributed by atoms with Crippen LogP contribution >= 0.6 is 0 Å². The fraction of sp³-hybridized carbons (Fsp3) is 0.243. The minimum atomic E-state index is 0.559. The van der Waals surface area contributed by atoms with Gasteiger partial charge in [-0.2, -0.15) is 0 Å². The number of hydrogen-bond acceptors (Lipinski definition) is 15. The molecule has 15 nitrogen and oxygen atoms in total. The topological polar surface area (TPSA) is 193 Å². The Balaban J connectivity index is 0.000000142. The molecule has 9 aromatic heterocycles. The SMILES string of the molecule is CCCCCCCCCCCCc1cnc(-c2nc(-c3ccc(C)cc3)cc(-c3ccc(C)cc3)n2)nc1.CCCCc1ccc(-c2nc(-c3ccc(C)cn3)cc(-c3ccc(C)cn3)n2)cc1.Cc1ccc(-c2cc(-c3ccc(C)cc3)nc(-c3ccc(C)nc3)n2)cc1.Cc1ccc(-c2cc(-c3ccc(C)cc3)nc(-c3cnc(C)nc3)n2)cc1. The van der Waals surface area contributed by atoms with E-state index in [1.54, 1.807) is 12.4 Å². The van der Waals surface area contributed by atoms with Crippen molar-refractivity contribution in [2.75, 3.05) is 0 Å². The Morgan fingerprint density at radius 1 is 0.180 bits per heavy atom. The molecule has 122 heavy (non-hydrogen) atoms. The first-order chi connectivity index (χ1) is 59.4. The molecule has 0 fully saturated rings. The molecule has 0 atom stereocenters. The van der Waals surface area contributed by atoms with Gasteiger partial charge in [-0.1, -0.05) is 293 Å². The highest BCUT2D eigenvalue weighted by molar-refractivity contribution is 5.76. The molecular formula is C107H109N15. The Labute approximate surface area is 720 Å². The first kappa shape index (κ1) is 86.3. The lowest BCUT2D eigenvalue weighted by Crippen LogP contribution is -2.00. The molecule has 7 aromatic carbocycles. The van der Waals surface area contributed by atoms with Gasteiger partial charge in [0.1, 0.15) is 5.82 Å². The molecule has 0 saturated heterocycles. The van der Waals surface area contributed by atoms with Gasteiger partial charge < -0.3 is 0 Å². The average Bonchev–Trinajstić information content (AvgIpc) is 0.814. The van der Waals surface area contributed by atoms with Crippen LogP contribution in [-0.2, 0) is 12.8 Å². The van der Waals surface area contributed by atoms with Crippen molar-refractivity contribution < 1.29 is 0 Å². The third-order valence-corrected chi connectivity index (χ3v) is 21.3. The smallest absolute Gasteiger partial charge is 0.198 e. The minimum Gasteiger partial charge on any atom is -0.261 e. The lowest BCUT2D eigenvalue weighted by atomic mass is 10.0. The summed E-state index contributed by atoms with van der Waals surface area (Å²) in [6.45, 7) is 24.9. The van der Waals surface area contributed by atoms with Crippen molar-refractivity contribution in [3.05, 3.63) is 341 Å². The number of nitrogens with zero attached hydrogens (tertiary/aromatic N) is 15. The van der Waals surface area contributed by atoms with Crippen LogP contribution in [0.15, 0.2) is 274 Å². The molecule has 0 aliphatic heterocycles. The molecular weight excluding hydrogens is 1500 g/mol. The Morgan fingerprint density at radius 3 is 0.828 bits per heavy atom. The number of unbranched alkanes of at least 4 members (excludes halogenated alkanes) is 10. The first-order valence-electron chi connectivity index (χ1n) is 42.9. The standard InChI is InChI=1S/C34H42N4.C26H26N4.C24H21N3.C23H20N4/c1-4-5-6-7-8-9-10-11-12-13-14-28-24-35-33(36-25-28)34-37-31(29-19-15-26(2)16-20-29)23-32(38-34)30-21-17-27(3)18-22-30;1-4-5-6-20-9-11-21(12-10-20)26-29-24(22-13-7-18(2)16-27-22)15-25(30-26)23-14-8-19(3)17-28-23;1-16-4-9-19(10-5-16)22-14-23(20-11-6-17(2)7-12-20)27-24(26-22)21-13-8-18(3)25-15-21;1-15-4-8-18(9-5-15)21-12-22(19-10-6-16(2)7-11-19)27-23(26-21)20-13-24-17(3)25-14-20/h15-25H,4-14H2,1-3H3;7-17H,4-6H2,1-3H3;4-15H,1-3H3;4-14H,1-3H3. The predicted molar refractivity (Wildman–Crippen MR) is 499 cm³/mol. The van der Waals surface area contributed by atoms with Crippen LogP contribution in [0, 0.1) is 69.2 Å². The second-order valence-electron chi connectivity index (χ2n) is 31.8. The minimum absolute atomic E-state index is 0.559. The molecule has 9 heterocycles. The molecule has 15 heteroatoms. The van der Waals surface area contributed by atoms with Gasteiger partial charge >= 0.3 is 0 Å². The largest absolute Gasteiger partial charge is 0.261 e. The molecule has 16 aromatic rings. The van der Waals surface area contributed by atoms with E-state index >= 15 is 0 Å². The second-order valence-corrected chi connectivity index (χ2v) is 31.8. The van der Waals surface area contributed by atoms with Crippen LogP contribution in [0.4, 0.5) is 0 Å². The highest BCUT2D eigenvalue weighted by Gasteiger charge is 2.18. The molecule has 0 aliphatic carbocycles. The van der Waals surface area contributed by atoms with E-state index in [1.807, 2.05) is 95.1 Å². The number of hydrogen-bond donors (Lipinski definition) is 0. The Morgan fingerprint density at radius 2 is 0.475 bits per heavy atom. The molecule has 0 radical (unpaired) electrons. The summed E-state index contributed by atoms with van der Waals surface area (Å²) in [6, 6.07) is 79.3. The van der Waals surface area contributed by atoms with Gasteiger partial charge in [0.2, 0.25) is 0 Å². The van der Waals surface area contributed by atoms with Crippen molar-refractivity contribution in [3.8, 4) is 136 Å². The van der Waals surface area contributed by atoms with Gasteiger partial charge in [-0.25, -0.2) is 59.8 Å². The van der Waals surface area contributed by atoms with Crippen LogP contribution in [0.3, 0.4) is 0 Å². The van der Waals surface area contributed by atoms with Gasteiger partial charge in [-0.3, -0.25) is 15.0 Å². The molecule has 0 spiro atoms. The average molecular weight is 1610 g/mol. The van der Waals surface area contributed by atoms with E-state index < -0.39 is 0 Å². The summed E-state index contributed by atoms with van der Waals surface area (Å²) in [5, 5.41) is 0. The Bertz CT molecular complexity index is 5370. The van der Waals surface area contributed by atoms with Crippen molar-refractivity contribution in [3.63, 3.8) is 0 Å². The molecule has 0 amide bonds. The maximum Gasteiger partial charge on any atom is 0.198 e. The van der Waals surface area contributed by atoms with Crippen molar-refractivity contribution >= 4 is 0 Å². The second kappa shape index (κ2) is 42.9. The van der Waals surface area contributed by atoms with Crippen molar-refractivity contribution in [1.82, 2.24) is 74.8 Å². The van der Waals surface area contributed by atoms with Crippen molar-refractivity contribution in [2.45, 2.75) is 173 Å². The highest BCUT2D eigenvalue weighted by Crippen LogP contribution is 2.34. The van der Waals surface area contributed by atoms with Crippen molar-refractivity contribution in [2.24, 2.45) is 0 Å². The van der Waals surface area contributed by atoms with Gasteiger partial charge in [0.15, 0.2) is 29.1 Å². The summed E-state index contributed by atoms with van der Waals surface area (Å²) in [5.41, 5.74) is 30.8. The Hall–Kier alpha value is -13.5. The lowest BCUT2D eigenvalue weighted by molar-refractivity contribution is 0.556. The van der Waals surface area contributed by atoms with E-state index in [0.717, 1.165) is 142 Å². The summed E-state index contributed by atoms with van der Waals surface area (Å²) in [4.78, 5) is 70.1. The quantitative estimate of drug-likeness (QED) is 0.0464. The zero-order valence-electron chi connectivity index (χ0n) is 72.6. The van der Waals surface area contributed by atoms with E-state index in [-0.39, 0.29) is 0 Å². The third-order valence-electron chi connectivity index (χ3n) is 21.3. The molecule has 0 aliphatic rings. The monoisotopic (exact) mass is 1600 g/mol. The van der Waals surface area contributed by atoms with Crippen molar-refractivity contribution in [1.29, 1.82) is 0 Å². The van der Waals surface area contributed by atoms with Gasteiger partial charge in [0, 0.05) is 93.6 Å². The lowest BCUT2D eigenvalue weighted by Gasteiger charge is -2.10. The molecule has 0 unspecified atom stereocenters. The zero-order valence-corrected chi connectivity index (χ0v) is 72.6. The fourth-order valence-electron chi connectivity index (χ4n) is 13.7. The van der Waals surface area contributed by atoms with Crippen LogP contribution in [0.1, 0.15) is 158 Å². The summed E-state index contributed by atoms with van der Waals surface area (Å²) in [7, 11) is 0. The summed E-state index contributed by atoms with van der Waals surface area (Å²) in [5.74, 6) is 3.87. The molecule has 0 N–H and O–H groups in total. The summed E-state index contributed by atoms with van der Waals surface area (Å²) >= 11 is 0. The van der Waals surface area contributed by atoms with Gasteiger partial charge in [-0.05, 0) is 166 Å². The zero-order chi connectivity index (χ0) is 85.1. The van der Waals surface area contributed by atoms with E-state index in [1.165, 1.54) is 122 Å². The molecule has 16 rings (SSSR count). The van der Waals surface area contributed by atoms with E-state index in [0.29, 0.717) is 29.1 Å². The maximum atomic E-state index is 4.87. The van der Waals surface area contributed by atoms with Gasteiger partial charge in [-0.15, -0.1) is 0 Å². The normalized spacial score (nSPS) is 10.9. The molecule has 0 bridgehead atoms. The first-order valence-corrected chi connectivity index (χ1v) is 42.9. The van der Waals surface area contributed by atoms with Crippen LogP contribution in [-0.4, -0.2) is 74.8 Å². The number of aryl methyl sites for hydroxylation is 12. The maximum absolute atomic E-state index is 4.87. The number of aromatic nitrogens is 15. The third kappa shape index (κ3) is 24.8. The molecule has 612 valence electrons. The number of benzene rings is 7. The van der Waals surface area contributed by atoms with Crippen LogP contribution in [0.5, 0.6) is 0 Å². The molecule has 0 saturated carbocycles. The van der Waals surface area contributed by atoms with E-state index in [4.69, 9.17) is 39.9 Å². The Kier molecular flexibility index (Phi) is 30.4. The van der Waals surface area contributed by atoms with Crippen LogP contribution in [0.2, 0.25) is 0 Å². The highest BCUT2D eigenvalue weighted by atomic mass is 15.0. The predicted octanol–water partition coefficient (Wildman–Crippen LogP) is 26.6. The van der Waals surface area contributed by atoms with Crippen LogP contribution < -0.4 is 0 Å². The summed E-state index contributed by atoms with van der Waals surface area (Å²) in [6.07, 6.45) is 31.0. The van der Waals surface area contributed by atoms with Crippen LogP contribution in [0.25, 0.3) is 136 Å². The van der Waals surface area contributed by atoms with Gasteiger partial charge in [0.25, 0.3) is 0 Å². The summed E-state index contributed by atoms with van der Waals surface area (Å²) < 4.78 is 0. The fourth-order valence-corrected chi connectivity index (χ4v) is 13.7. The van der Waals surface area contributed by atoms with Gasteiger partial charge in [0.05, 0.1) is 62.5 Å². The number of pyridine rings is 3. The van der Waals surface area contributed by atoms with E-state index in [2.05, 4.69) is 284 Å². The van der Waals surface area contributed by atoms with E-state index in [9.17, 15) is 0 Å². The number of rotatable bonds is 26.